The zero-order valence-corrected chi connectivity index (χ0v) is 11.0. The van der Waals surface area contributed by atoms with Gasteiger partial charge in [-0.1, -0.05) is 20.3 Å². The van der Waals surface area contributed by atoms with Crippen molar-refractivity contribution in [3.05, 3.63) is 11.4 Å². The van der Waals surface area contributed by atoms with Gasteiger partial charge >= 0.3 is 0 Å². The van der Waals surface area contributed by atoms with Crippen molar-refractivity contribution in [2.45, 2.75) is 39.2 Å². The fourth-order valence-corrected chi connectivity index (χ4v) is 2.67. The second-order valence-corrected chi connectivity index (χ2v) is 5.00. The van der Waals surface area contributed by atoms with Crippen molar-refractivity contribution >= 4 is 33.3 Å². The molecule has 0 radical (unpaired) electrons. The van der Waals surface area contributed by atoms with Gasteiger partial charge < -0.3 is 11.1 Å². The minimum absolute atomic E-state index is 0.341. The highest BCUT2D eigenvalue weighted by atomic mass is 32.1. The van der Waals surface area contributed by atoms with Crippen LogP contribution in [0.15, 0.2) is 11.4 Å². The van der Waals surface area contributed by atoms with Gasteiger partial charge in [0.15, 0.2) is 0 Å². The monoisotopic (exact) mass is 250 g/mol. The lowest BCUT2D eigenvalue weighted by molar-refractivity contribution is 0.621. The predicted octanol–water partition coefficient (Wildman–Crippen LogP) is 3.26. The smallest absolute Gasteiger partial charge is 0.223 e. The van der Waals surface area contributed by atoms with Crippen molar-refractivity contribution in [2.24, 2.45) is 0 Å². The van der Waals surface area contributed by atoms with Crippen LogP contribution in [-0.4, -0.2) is 16.0 Å². The molecule has 0 saturated carbocycles. The maximum atomic E-state index is 5.72. The zero-order chi connectivity index (χ0) is 12.3. The van der Waals surface area contributed by atoms with Gasteiger partial charge in [0.05, 0.1) is 5.39 Å². The second-order valence-electron chi connectivity index (χ2n) is 4.11. The molecular formula is C12H18N4S. The first-order valence-electron chi connectivity index (χ1n) is 6.01. The molecule has 2 rings (SSSR count). The zero-order valence-electron chi connectivity index (χ0n) is 10.2. The number of nitrogens with two attached hydrogens (primary N) is 1. The Labute approximate surface area is 105 Å². The number of nitrogens with one attached hydrogen (secondary N) is 1. The van der Waals surface area contributed by atoms with E-state index in [1.807, 2.05) is 11.4 Å². The number of nitrogen functional groups attached to an aromatic ring is 1. The van der Waals surface area contributed by atoms with Crippen molar-refractivity contribution in [1.82, 2.24) is 9.97 Å². The van der Waals surface area contributed by atoms with E-state index in [0.717, 1.165) is 28.9 Å². The van der Waals surface area contributed by atoms with Crippen LogP contribution in [0.3, 0.4) is 0 Å². The van der Waals surface area contributed by atoms with Crippen LogP contribution in [0.2, 0.25) is 0 Å². The molecule has 0 bridgehead atoms. The number of fused-ring (bicyclic) bond motifs is 1. The first-order valence-corrected chi connectivity index (χ1v) is 6.89. The summed E-state index contributed by atoms with van der Waals surface area (Å²) in [7, 11) is 0. The Balaban J connectivity index is 2.30. The molecule has 0 fully saturated rings. The second kappa shape index (κ2) is 5.31. The van der Waals surface area contributed by atoms with Gasteiger partial charge in [-0.05, 0) is 24.3 Å². The molecule has 4 nitrogen and oxygen atoms in total. The summed E-state index contributed by atoms with van der Waals surface area (Å²) < 4.78 is 0. The van der Waals surface area contributed by atoms with Gasteiger partial charge in [-0.25, -0.2) is 4.98 Å². The summed E-state index contributed by atoms with van der Waals surface area (Å²) in [5.41, 5.74) is 5.72. The van der Waals surface area contributed by atoms with Gasteiger partial charge in [0.25, 0.3) is 0 Å². The average molecular weight is 250 g/mol. The maximum absolute atomic E-state index is 5.72. The van der Waals surface area contributed by atoms with Gasteiger partial charge in [0.2, 0.25) is 5.95 Å². The number of aromatic nitrogens is 2. The van der Waals surface area contributed by atoms with E-state index in [2.05, 4.69) is 29.1 Å². The van der Waals surface area contributed by atoms with Crippen LogP contribution in [0.25, 0.3) is 10.2 Å². The Kier molecular flexibility index (Phi) is 3.78. The number of hydrogen-bond donors (Lipinski definition) is 2. The highest BCUT2D eigenvalue weighted by Gasteiger charge is 2.11. The summed E-state index contributed by atoms with van der Waals surface area (Å²) in [5, 5.41) is 6.56. The quantitative estimate of drug-likeness (QED) is 0.855. The highest BCUT2D eigenvalue weighted by Crippen LogP contribution is 2.26. The SMILES string of the molecule is CCCC(CC)Nc1nc(N)nc2sccc12. The molecule has 2 aromatic heterocycles. The summed E-state index contributed by atoms with van der Waals surface area (Å²) >= 11 is 1.59. The average Bonchev–Trinajstić information content (AvgIpc) is 2.76. The molecule has 2 aromatic rings. The van der Waals surface area contributed by atoms with Crippen LogP contribution in [0.4, 0.5) is 11.8 Å². The largest absolute Gasteiger partial charge is 0.368 e. The summed E-state index contributed by atoms with van der Waals surface area (Å²) in [6.07, 6.45) is 3.40. The molecule has 1 atom stereocenters. The Morgan fingerprint density at radius 3 is 2.94 bits per heavy atom. The summed E-state index contributed by atoms with van der Waals surface area (Å²) in [4.78, 5) is 9.48. The van der Waals surface area contributed by atoms with E-state index in [1.54, 1.807) is 11.3 Å². The van der Waals surface area contributed by atoms with E-state index in [4.69, 9.17) is 5.73 Å². The Hall–Kier alpha value is -1.36. The molecule has 0 aliphatic heterocycles. The lowest BCUT2D eigenvalue weighted by Crippen LogP contribution is -2.19. The lowest BCUT2D eigenvalue weighted by atomic mass is 10.1. The van der Waals surface area contributed by atoms with E-state index >= 15 is 0 Å². The minimum Gasteiger partial charge on any atom is -0.368 e. The van der Waals surface area contributed by atoms with E-state index < -0.39 is 0 Å². The molecule has 17 heavy (non-hydrogen) atoms. The third-order valence-electron chi connectivity index (χ3n) is 2.81. The highest BCUT2D eigenvalue weighted by molar-refractivity contribution is 7.16. The molecule has 92 valence electrons. The third-order valence-corrected chi connectivity index (χ3v) is 3.62. The number of rotatable bonds is 5. The van der Waals surface area contributed by atoms with E-state index in [-0.39, 0.29) is 0 Å². The van der Waals surface area contributed by atoms with Crippen LogP contribution >= 0.6 is 11.3 Å². The Morgan fingerprint density at radius 1 is 1.41 bits per heavy atom. The Bertz CT molecular complexity index is 494. The molecule has 3 N–H and O–H groups in total. The third kappa shape index (κ3) is 2.66. The first kappa shape index (κ1) is 12.1. The number of anilines is 2. The van der Waals surface area contributed by atoms with Crippen molar-refractivity contribution in [2.75, 3.05) is 11.1 Å². The normalized spacial score (nSPS) is 12.8. The van der Waals surface area contributed by atoms with Crippen molar-refractivity contribution in [3.8, 4) is 0 Å². The molecular weight excluding hydrogens is 232 g/mol. The number of thiophene rings is 1. The van der Waals surface area contributed by atoms with Gasteiger partial charge in [-0.15, -0.1) is 11.3 Å². The van der Waals surface area contributed by atoms with Crippen molar-refractivity contribution < 1.29 is 0 Å². The molecule has 0 aliphatic carbocycles. The lowest BCUT2D eigenvalue weighted by Gasteiger charge is -2.17. The summed E-state index contributed by atoms with van der Waals surface area (Å²) in [5.74, 6) is 1.21. The van der Waals surface area contributed by atoms with Crippen LogP contribution in [0.5, 0.6) is 0 Å². The molecule has 1 unspecified atom stereocenters. The fraction of sp³-hybridized carbons (Fsp3) is 0.500. The van der Waals surface area contributed by atoms with Gasteiger partial charge in [-0.2, -0.15) is 4.98 Å². The number of nitrogens with zero attached hydrogens (tertiary/aromatic N) is 2. The Morgan fingerprint density at radius 2 is 2.24 bits per heavy atom. The first-order chi connectivity index (χ1) is 8.24. The summed E-state index contributed by atoms with van der Waals surface area (Å²) in [6, 6.07) is 2.50. The van der Waals surface area contributed by atoms with Crippen LogP contribution < -0.4 is 11.1 Å². The van der Waals surface area contributed by atoms with Crippen molar-refractivity contribution in [3.63, 3.8) is 0 Å². The molecule has 0 aliphatic rings. The maximum Gasteiger partial charge on any atom is 0.223 e. The minimum atomic E-state index is 0.341. The molecule has 0 saturated heterocycles. The molecule has 0 aromatic carbocycles. The molecule has 0 spiro atoms. The molecule has 0 amide bonds. The number of hydrogen-bond acceptors (Lipinski definition) is 5. The van der Waals surface area contributed by atoms with Crippen molar-refractivity contribution in [1.29, 1.82) is 0 Å². The molecule has 5 heteroatoms. The predicted molar refractivity (Wildman–Crippen MR) is 74.4 cm³/mol. The van der Waals surface area contributed by atoms with E-state index in [9.17, 15) is 0 Å². The van der Waals surface area contributed by atoms with Crippen LogP contribution in [0, 0.1) is 0 Å². The summed E-state index contributed by atoms with van der Waals surface area (Å²) in [6.45, 7) is 4.38. The van der Waals surface area contributed by atoms with Gasteiger partial charge in [-0.3, -0.25) is 0 Å². The fourth-order valence-electron chi connectivity index (χ4n) is 1.90. The molecule has 2 heterocycles. The van der Waals surface area contributed by atoms with Gasteiger partial charge in [0, 0.05) is 6.04 Å². The van der Waals surface area contributed by atoms with Gasteiger partial charge in [0.1, 0.15) is 10.6 Å². The van der Waals surface area contributed by atoms with E-state index in [0.29, 0.717) is 12.0 Å². The van der Waals surface area contributed by atoms with Crippen LogP contribution in [0.1, 0.15) is 33.1 Å². The standard InChI is InChI=1S/C12H18N4S/c1-3-5-8(4-2)14-10-9-6-7-17-11(9)16-12(13)15-10/h6-8H,3-5H2,1-2H3,(H3,13,14,15,16). The topological polar surface area (TPSA) is 63.8 Å². The van der Waals surface area contributed by atoms with Crippen LogP contribution in [-0.2, 0) is 0 Å². The van der Waals surface area contributed by atoms with E-state index in [1.165, 1.54) is 6.42 Å².